The lowest BCUT2D eigenvalue weighted by Crippen LogP contribution is -2.36. The molecule has 0 amide bonds. The molecule has 1 aromatic carbocycles. The molecule has 1 saturated heterocycles. The first-order valence-electron chi connectivity index (χ1n) is 9.75. The van der Waals surface area contributed by atoms with Gasteiger partial charge in [-0.25, -0.2) is 9.37 Å². The Morgan fingerprint density at radius 1 is 1.24 bits per heavy atom. The van der Waals surface area contributed by atoms with Crippen molar-refractivity contribution in [2.45, 2.75) is 38.8 Å². The van der Waals surface area contributed by atoms with E-state index < -0.39 is 0 Å². The minimum absolute atomic E-state index is 0.156. The lowest BCUT2D eigenvalue weighted by Gasteiger charge is -2.34. The molecule has 0 bridgehead atoms. The number of hydrogen-bond acceptors (Lipinski definition) is 7. The fourth-order valence-electron chi connectivity index (χ4n) is 3.59. The van der Waals surface area contributed by atoms with Crippen LogP contribution in [0.15, 0.2) is 41.1 Å². The molecule has 1 atom stereocenters. The van der Waals surface area contributed by atoms with Crippen molar-refractivity contribution in [2.24, 2.45) is 0 Å². The summed E-state index contributed by atoms with van der Waals surface area (Å²) in [6, 6.07) is 8.39. The number of nitrogens with one attached hydrogen (secondary N) is 1. The van der Waals surface area contributed by atoms with Crippen molar-refractivity contribution >= 4 is 11.5 Å². The smallest absolute Gasteiger partial charge is 0.259 e. The first-order chi connectivity index (χ1) is 14.0. The number of aliphatic hydroxyl groups excluding tert-OH is 1. The van der Waals surface area contributed by atoms with Crippen LogP contribution in [0.1, 0.15) is 37.2 Å². The van der Waals surface area contributed by atoms with Gasteiger partial charge in [0.1, 0.15) is 11.6 Å². The molecule has 152 valence electrons. The quantitative estimate of drug-likeness (QED) is 0.678. The second kappa shape index (κ2) is 8.16. The Morgan fingerprint density at radius 3 is 2.69 bits per heavy atom. The molecule has 2 aromatic heterocycles. The van der Waals surface area contributed by atoms with Gasteiger partial charge in [0.25, 0.3) is 5.89 Å². The molecule has 1 fully saturated rings. The molecular formula is C21H24FN5O2. The van der Waals surface area contributed by atoms with Crippen LogP contribution in [-0.4, -0.2) is 39.4 Å². The summed E-state index contributed by atoms with van der Waals surface area (Å²) in [5.74, 6) is 1.39. The van der Waals surface area contributed by atoms with Crippen LogP contribution < -0.4 is 10.2 Å². The van der Waals surface area contributed by atoms with Gasteiger partial charge in [0.2, 0.25) is 0 Å². The molecule has 1 aliphatic rings. The van der Waals surface area contributed by atoms with Crippen molar-refractivity contribution in [3.05, 3.63) is 53.7 Å². The van der Waals surface area contributed by atoms with Crippen molar-refractivity contribution in [3.63, 3.8) is 0 Å². The maximum absolute atomic E-state index is 14.0. The molecule has 2 N–H and O–H groups in total. The van der Waals surface area contributed by atoms with Gasteiger partial charge in [0.05, 0.1) is 17.7 Å². The Labute approximate surface area is 168 Å². The Balaban J connectivity index is 1.52. The van der Waals surface area contributed by atoms with E-state index >= 15 is 0 Å². The van der Waals surface area contributed by atoms with Gasteiger partial charge in [0, 0.05) is 30.5 Å². The molecule has 8 heteroatoms. The minimum Gasteiger partial charge on any atom is -0.393 e. The zero-order valence-corrected chi connectivity index (χ0v) is 16.5. The van der Waals surface area contributed by atoms with Crippen molar-refractivity contribution in [2.75, 3.05) is 23.3 Å². The van der Waals surface area contributed by atoms with Gasteiger partial charge in [-0.15, -0.1) is 0 Å². The first kappa shape index (κ1) is 19.3. The van der Waals surface area contributed by atoms with E-state index in [0.29, 0.717) is 17.5 Å². The van der Waals surface area contributed by atoms with E-state index in [2.05, 4.69) is 25.3 Å². The van der Waals surface area contributed by atoms with Gasteiger partial charge in [0.15, 0.2) is 5.82 Å². The van der Waals surface area contributed by atoms with Crippen molar-refractivity contribution in [1.29, 1.82) is 0 Å². The highest BCUT2D eigenvalue weighted by molar-refractivity contribution is 5.58. The molecule has 1 unspecified atom stereocenters. The predicted molar refractivity (Wildman–Crippen MR) is 108 cm³/mol. The first-order valence-corrected chi connectivity index (χ1v) is 9.75. The topological polar surface area (TPSA) is 87.3 Å². The summed E-state index contributed by atoms with van der Waals surface area (Å²) in [6.07, 6.45) is 2.85. The fourth-order valence-corrected chi connectivity index (χ4v) is 3.59. The second-order valence-electron chi connectivity index (χ2n) is 7.37. The van der Waals surface area contributed by atoms with Crippen LogP contribution in [0.5, 0.6) is 0 Å². The molecule has 0 radical (unpaired) electrons. The zero-order chi connectivity index (χ0) is 20.4. The molecule has 3 aromatic rings. The van der Waals surface area contributed by atoms with Gasteiger partial charge in [-0.1, -0.05) is 5.16 Å². The van der Waals surface area contributed by atoms with Crippen molar-refractivity contribution < 1.29 is 14.0 Å². The number of pyridine rings is 1. The number of anilines is 2. The van der Waals surface area contributed by atoms with Crippen LogP contribution in [0.2, 0.25) is 0 Å². The number of halogens is 1. The van der Waals surface area contributed by atoms with Crippen LogP contribution in [0, 0.1) is 12.7 Å². The van der Waals surface area contributed by atoms with E-state index in [1.54, 1.807) is 19.2 Å². The lowest BCUT2D eigenvalue weighted by atomic mass is 10.0. The third kappa shape index (κ3) is 4.37. The highest BCUT2D eigenvalue weighted by Gasteiger charge is 2.22. The number of piperidine rings is 1. The Morgan fingerprint density at radius 2 is 2.03 bits per heavy atom. The standard InChI is InChI=1S/C21H24FN5O2/c1-13(24-20-6-3-15(12-23-20)21-25-14(2)26-29-21)18-11-16(22)4-5-19(18)27-9-7-17(28)8-10-27/h3-6,11-13,17,28H,7-10H2,1-2H3,(H,23,24). The molecule has 0 saturated carbocycles. The van der Waals surface area contributed by atoms with E-state index in [1.807, 2.05) is 25.1 Å². The fraction of sp³-hybridized carbons (Fsp3) is 0.381. The number of aryl methyl sites for hydroxylation is 1. The van der Waals surface area contributed by atoms with Gasteiger partial charge in [-0.3, -0.25) is 0 Å². The monoisotopic (exact) mass is 397 g/mol. The second-order valence-corrected chi connectivity index (χ2v) is 7.37. The van der Waals surface area contributed by atoms with Gasteiger partial charge in [-0.2, -0.15) is 4.98 Å². The number of nitrogens with zero attached hydrogens (tertiary/aromatic N) is 4. The normalized spacial score (nSPS) is 16.1. The van der Waals surface area contributed by atoms with E-state index in [4.69, 9.17) is 4.52 Å². The summed E-state index contributed by atoms with van der Waals surface area (Å²) < 4.78 is 19.2. The maximum atomic E-state index is 14.0. The summed E-state index contributed by atoms with van der Waals surface area (Å²) in [5.41, 5.74) is 2.58. The largest absolute Gasteiger partial charge is 0.393 e. The number of aromatic nitrogens is 3. The molecule has 7 nitrogen and oxygen atoms in total. The molecule has 0 aliphatic carbocycles. The number of hydrogen-bond donors (Lipinski definition) is 2. The Bertz CT molecular complexity index is 967. The van der Waals surface area contributed by atoms with Crippen LogP contribution in [0.4, 0.5) is 15.9 Å². The molecule has 29 heavy (non-hydrogen) atoms. The Kier molecular flexibility index (Phi) is 5.44. The molecule has 1 aliphatic heterocycles. The van der Waals surface area contributed by atoms with E-state index in [1.165, 1.54) is 6.07 Å². The van der Waals surface area contributed by atoms with Crippen LogP contribution in [0.25, 0.3) is 11.5 Å². The number of aliphatic hydroxyl groups is 1. The van der Waals surface area contributed by atoms with Gasteiger partial charge in [-0.05, 0) is 57.0 Å². The average Bonchev–Trinajstić information content (AvgIpc) is 3.15. The van der Waals surface area contributed by atoms with Gasteiger partial charge < -0.3 is 19.8 Å². The maximum Gasteiger partial charge on any atom is 0.259 e. The third-order valence-corrected chi connectivity index (χ3v) is 5.16. The average molecular weight is 397 g/mol. The predicted octanol–water partition coefficient (Wildman–Crippen LogP) is 3.71. The summed E-state index contributed by atoms with van der Waals surface area (Å²) in [7, 11) is 0. The highest BCUT2D eigenvalue weighted by Crippen LogP contribution is 2.31. The molecule has 3 heterocycles. The molecule has 0 spiro atoms. The summed E-state index contributed by atoms with van der Waals surface area (Å²) in [4.78, 5) is 10.8. The molecular weight excluding hydrogens is 373 g/mol. The van der Waals surface area contributed by atoms with Crippen molar-refractivity contribution in [3.8, 4) is 11.5 Å². The van der Waals surface area contributed by atoms with E-state index in [-0.39, 0.29) is 18.0 Å². The van der Waals surface area contributed by atoms with Gasteiger partial charge >= 0.3 is 0 Å². The zero-order valence-electron chi connectivity index (χ0n) is 16.5. The summed E-state index contributed by atoms with van der Waals surface area (Å²) in [5, 5.41) is 16.9. The SMILES string of the molecule is Cc1noc(-c2ccc(NC(C)c3cc(F)ccc3N3CCC(O)CC3)nc2)n1. The summed E-state index contributed by atoms with van der Waals surface area (Å²) >= 11 is 0. The van der Waals surface area contributed by atoms with Crippen LogP contribution in [0.3, 0.4) is 0 Å². The lowest BCUT2D eigenvalue weighted by molar-refractivity contribution is 0.145. The van der Waals surface area contributed by atoms with E-state index in [9.17, 15) is 9.50 Å². The van der Waals surface area contributed by atoms with Crippen LogP contribution in [-0.2, 0) is 0 Å². The van der Waals surface area contributed by atoms with Crippen molar-refractivity contribution in [1.82, 2.24) is 15.1 Å². The molecule has 4 rings (SSSR count). The van der Waals surface area contributed by atoms with Crippen LogP contribution >= 0.6 is 0 Å². The van der Waals surface area contributed by atoms with E-state index in [0.717, 1.165) is 42.7 Å². The number of benzene rings is 1. The highest BCUT2D eigenvalue weighted by atomic mass is 19.1. The summed E-state index contributed by atoms with van der Waals surface area (Å²) in [6.45, 7) is 5.25. The minimum atomic E-state index is -0.274. The third-order valence-electron chi connectivity index (χ3n) is 5.16. The number of rotatable bonds is 5. The Hall–Kier alpha value is -3.00.